The number of hydrogen-bond donors (Lipinski definition) is 2. The lowest BCUT2D eigenvalue weighted by molar-refractivity contribution is -0.0450. The van der Waals surface area contributed by atoms with Gasteiger partial charge < -0.3 is 14.8 Å². The molecule has 0 aromatic heterocycles. The minimum absolute atomic E-state index is 0.314. The molecule has 5 nitrogen and oxygen atoms in total. The minimum atomic E-state index is -0.417. The first kappa shape index (κ1) is 20.2. The van der Waals surface area contributed by atoms with E-state index >= 15 is 0 Å². The molecular formula is C22H34N2O3. The number of hydrogen-bond acceptors (Lipinski definition) is 4. The number of aryl methyl sites for hydroxylation is 1. The molecule has 1 aromatic rings. The van der Waals surface area contributed by atoms with Crippen molar-refractivity contribution in [3.63, 3.8) is 0 Å². The van der Waals surface area contributed by atoms with Crippen molar-refractivity contribution in [2.24, 2.45) is 16.7 Å². The summed E-state index contributed by atoms with van der Waals surface area (Å²) in [7, 11) is 0. The second-order valence-corrected chi connectivity index (χ2v) is 8.80. The molecule has 0 spiro atoms. The topological polar surface area (TPSA) is 59.6 Å². The molecule has 1 aromatic carbocycles. The summed E-state index contributed by atoms with van der Waals surface area (Å²) in [5.41, 5.74) is 2.51. The average Bonchev–Trinajstić information content (AvgIpc) is 2.96. The molecule has 0 saturated heterocycles. The summed E-state index contributed by atoms with van der Waals surface area (Å²) >= 11 is 0. The number of carbonyl (C=O) groups excluding carboxylic acids is 1. The average molecular weight is 375 g/mol. The number of rotatable bonds is 8. The maximum atomic E-state index is 11.8. The second-order valence-electron chi connectivity index (χ2n) is 8.80. The summed E-state index contributed by atoms with van der Waals surface area (Å²) in [6.07, 6.45) is 3.80. The summed E-state index contributed by atoms with van der Waals surface area (Å²) in [6, 6.07) is 7.65. The Morgan fingerprint density at radius 3 is 2.59 bits per heavy atom. The number of benzene rings is 1. The van der Waals surface area contributed by atoms with E-state index in [4.69, 9.17) is 9.47 Å². The lowest BCUT2D eigenvalue weighted by Crippen LogP contribution is -2.38. The number of amides is 1. The van der Waals surface area contributed by atoms with Crippen molar-refractivity contribution in [1.82, 2.24) is 5.32 Å². The Labute approximate surface area is 163 Å². The van der Waals surface area contributed by atoms with Gasteiger partial charge in [-0.05, 0) is 54.6 Å². The first-order chi connectivity index (χ1) is 12.8. The van der Waals surface area contributed by atoms with Crippen LogP contribution in [0.1, 0.15) is 45.6 Å². The molecule has 0 radical (unpaired) electrons. The third-order valence-electron chi connectivity index (χ3n) is 7.21. The van der Waals surface area contributed by atoms with E-state index in [2.05, 4.69) is 31.4 Å². The molecule has 0 heterocycles. The van der Waals surface area contributed by atoms with Crippen LogP contribution in [0.15, 0.2) is 24.3 Å². The molecule has 2 saturated carbocycles. The SMILES string of the molecule is Cc1ccccc1NC(=O)OCCNCCO[C@H]1C[C@H]2CC[C@@]1(C)C2(C)C. The summed E-state index contributed by atoms with van der Waals surface area (Å²) in [4.78, 5) is 11.8. The quantitative estimate of drug-likeness (QED) is 0.664. The van der Waals surface area contributed by atoms with Gasteiger partial charge in [-0.25, -0.2) is 4.79 Å². The van der Waals surface area contributed by atoms with E-state index in [1.807, 2.05) is 31.2 Å². The number of ether oxygens (including phenoxy) is 2. The standard InChI is InChI=1S/C22H34N2O3/c1-16-7-5-6-8-18(16)24-20(25)27-14-12-23-11-13-26-19-15-17-9-10-22(19,4)21(17,2)3/h5-8,17,19,23H,9-15H2,1-4H3,(H,24,25)/t17-,19+,22-/m1/s1. The van der Waals surface area contributed by atoms with E-state index in [0.29, 0.717) is 36.7 Å². The van der Waals surface area contributed by atoms with E-state index < -0.39 is 6.09 Å². The van der Waals surface area contributed by atoms with Crippen molar-refractivity contribution in [3.05, 3.63) is 29.8 Å². The first-order valence-electron chi connectivity index (χ1n) is 10.2. The van der Waals surface area contributed by atoms with Crippen LogP contribution in [0.5, 0.6) is 0 Å². The fourth-order valence-corrected chi connectivity index (χ4v) is 4.86. The third-order valence-corrected chi connectivity index (χ3v) is 7.21. The van der Waals surface area contributed by atoms with E-state index in [1.165, 1.54) is 19.3 Å². The van der Waals surface area contributed by atoms with Crippen LogP contribution in [-0.2, 0) is 9.47 Å². The van der Waals surface area contributed by atoms with Crippen LogP contribution in [0.2, 0.25) is 0 Å². The molecule has 2 aliphatic carbocycles. The highest BCUT2D eigenvalue weighted by molar-refractivity contribution is 5.85. The van der Waals surface area contributed by atoms with E-state index in [1.54, 1.807) is 0 Å². The van der Waals surface area contributed by atoms with Crippen LogP contribution >= 0.6 is 0 Å². The lowest BCUT2D eigenvalue weighted by atomic mass is 9.70. The third kappa shape index (κ3) is 4.14. The Bertz CT molecular complexity index is 661. The zero-order valence-electron chi connectivity index (χ0n) is 17.1. The molecule has 2 N–H and O–H groups in total. The Balaban J connectivity index is 1.26. The van der Waals surface area contributed by atoms with Gasteiger partial charge in [0.15, 0.2) is 0 Å². The molecule has 1 amide bonds. The number of para-hydroxylation sites is 1. The lowest BCUT2D eigenvalue weighted by Gasteiger charge is -2.38. The maximum absolute atomic E-state index is 11.8. The summed E-state index contributed by atoms with van der Waals surface area (Å²) in [5.74, 6) is 0.806. The van der Waals surface area contributed by atoms with Crippen LogP contribution < -0.4 is 10.6 Å². The molecule has 5 heteroatoms. The molecule has 0 unspecified atom stereocenters. The molecule has 2 fully saturated rings. The van der Waals surface area contributed by atoms with Gasteiger partial charge >= 0.3 is 6.09 Å². The first-order valence-corrected chi connectivity index (χ1v) is 10.2. The minimum Gasteiger partial charge on any atom is -0.448 e. The van der Waals surface area contributed by atoms with Gasteiger partial charge in [-0.1, -0.05) is 39.0 Å². The second kappa shape index (κ2) is 8.19. The van der Waals surface area contributed by atoms with Crippen LogP contribution in [0, 0.1) is 23.7 Å². The van der Waals surface area contributed by atoms with Crippen molar-refractivity contribution in [2.45, 2.75) is 53.1 Å². The zero-order chi connectivity index (χ0) is 19.5. The molecule has 2 bridgehead atoms. The van der Waals surface area contributed by atoms with Gasteiger partial charge in [0.05, 0.1) is 12.7 Å². The van der Waals surface area contributed by atoms with Gasteiger partial charge in [-0.15, -0.1) is 0 Å². The van der Waals surface area contributed by atoms with Crippen molar-refractivity contribution >= 4 is 11.8 Å². The highest BCUT2D eigenvalue weighted by atomic mass is 16.5. The summed E-state index contributed by atoms with van der Waals surface area (Å²) < 4.78 is 11.4. The molecular weight excluding hydrogens is 340 g/mol. The van der Waals surface area contributed by atoms with Gasteiger partial charge in [-0.3, -0.25) is 5.32 Å². The van der Waals surface area contributed by atoms with Crippen LogP contribution in [-0.4, -0.2) is 38.5 Å². The van der Waals surface area contributed by atoms with Crippen molar-refractivity contribution in [1.29, 1.82) is 0 Å². The van der Waals surface area contributed by atoms with Crippen LogP contribution in [0.4, 0.5) is 10.5 Å². The van der Waals surface area contributed by atoms with Crippen molar-refractivity contribution in [3.8, 4) is 0 Å². The fourth-order valence-electron chi connectivity index (χ4n) is 4.86. The van der Waals surface area contributed by atoms with E-state index in [-0.39, 0.29) is 0 Å². The van der Waals surface area contributed by atoms with Crippen LogP contribution in [0.3, 0.4) is 0 Å². The monoisotopic (exact) mass is 374 g/mol. The molecule has 3 atom stereocenters. The highest BCUT2D eigenvalue weighted by Gasteiger charge is 2.61. The molecule has 27 heavy (non-hydrogen) atoms. The number of fused-ring (bicyclic) bond motifs is 2. The zero-order valence-corrected chi connectivity index (χ0v) is 17.1. The smallest absolute Gasteiger partial charge is 0.411 e. The Morgan fingerprint density at radius 2 is 1.93 bits per heavy atom. The predicted molar refractivity (Wildman–Crippen MR) is 108 cm³/mol. The molecule has 0 aliphatic heterocycles. The maximum Gasteiger partial charge on any atom is 0.411 e. The largest absolute Gasteiger partial charge is 0.448 e. The number of carbonyl (C=O) groups is 1. The van der Waals surface area contributed by atoms with Crippen molar-refractivity contribution < 1.29 is 14.3 Å². The molecule has 150 valence electrons. The van der Waals surface area contributed by atoms with Gasteiger partial charge in [0, 0.05) is 18.8 Å². The number of nitrogens with one attached hydrogen (secondary N) is 2. The molecule has 3 rings (SSSR count). The fraction of sp³-hybridized carbons (Fsp3) is 0.682. The molecule has 2 aliphatic rings. The van der Waals surface area contributed by atoms with E-state index in [9.17, 15) is 4.79 Å². The highest BCUT2D eigenvalue weighted by Crippen LogP contribution is 2.66. The number of anilines is 1. The Morgan fingerprint density at radius 1 is 1.19 bits per heavy atom. The normalized spacial score (nSPS) is 28.3. The van der Waals surface area contributed by atoms with Crippen molar-refractivity contribution in [2.75, 3.05) is 31.6 Å². The van der Waals surface area contributed by atoms with Gasteiger partial charge in [0.25, 0.3) is 0 Å². The van der Waals surface area contributed by atoms with Crippen LogP contribution in [0.25, 0.3) is 0 Å². The summed E-state index contributed by atoms with van der Waals surface area (Å²) in [5, 5.41) is 6.05. The Hall–Kier alpha value is -1.59. The van der Waals surface area contributed by atoms with Gasteiger partial charge in [0.1, 0.15) is 6.61 Å². The summed E-state index contributed by atoms with van der Waals surface area (Å²) in [6.45, 7) is 11.6. The van der Waals surface area contributed by atoms with Gasteiger partial charge in [0.2, 0.25) is 0 Å². The Kier molecular flexibility index (Phi) is 6.11. The van der Waals surface area contributed by atoms with E-state index in [0.717, 1.165) is 23.7 Å². The predicted octanol–water partition coefficient (Wildman–Crippen LogP) is 4.36. The van der Waals surface area contributed by atoms with Gasteiger partial charge in [-0.2, -0.15) is 0 Å².